The monoisotopic (exact) mass is 517 g/mol. The fourth-order valence-electron chi connectivity index (χ4n) is 5.37. The van der Waals surface area contributed by atoms with E-state index in [-0.39, 0.29) is 18.4 Å². The Labute approximate surface area is 226 Å². The predicted molar refractivity (Wildman–Crippen MR) is 151 cm³/mol. The number of para-hydroxylation sites is 1. The van der Waals surface area contributed by atoms with E-state index in [9.17, 15) is 9.59 Å². The van der Waals surface area contributed by atoms with Crippen molar-refractivity contribution >= 4 is 28.4 Å². The zero-order valence-electron chi connectivity index (χ0n) is 21.6. The molecule has 0 aliphatic carbocycles. The zero-order valence-corrected chi connectivity index (χ0v) is 21.6. The largest absolute Gasteiger partial charge is 0.497 e. The zero-order chi connectivity index (χ0) is 26.9. The number of methoxy groups -OCH3 is 2. The van der Waals surface area contributed by atoms with Crippen LogP contribution in [0.25, 0.3) is 22.2 Å². The number of carbonyl (C=O) groups is 2. The molecule has 2 heterocycles. The highest BCUT2D eigenvalue weighted by Crippen LogP contribution is 2.45. The molecule has 2 amide bonds. The fraction of sp³-hybridized carbons (Fsp3) is 0.125. The normalized spacial score (nSPS) is 14.4. The lowest BCUT2D eigenvalue weighted by molar-refractivity contribution is -0.117. The van der Waals surface area contributed by atoms with Crippen LogP contribution in [0.5, 0.6) is 11.5 Å². The minimum absolute atomic E-state index is 0.138. The number of anilines is 1. The van der Waals surface area contributed by atoms with Crippen LogP contribution in [-0.2, 0) is 4.79 Å². The number of ether oxygens (including phenoxy) is 2. The summed E-state index contributed by atoms with van der Waals surface area (Å²) in [4.78, 5) is 32.4. The van der Waals surface area contributed by atoms with E-state index in [4.69, 9.17) is 9.47 Å². The highest BCUT2D eigenvalue weighted by Gasteiger charge is 2.41. The third kappa shape index (κ3) is 4.28. The first kappa shape index (κ1) is 24.3. The molecule has 5 aromatic rings. The Hall–Kier alpha value is -5.04. The van der Waals surface area contributed by atoms with Crippen LogP contribution in [0.2, 0.25) is 0 Å². The van der Waals surface area contributed by atoms with Crippen LogP contribution in [0.15, 0.2) is 97.1 Å². The Kier molecular flexibility index (Phi) is 6.25. The van der Waals surface area contributed by atoms with Crippen LogP contribution in [0.3, 0.4) is 0 Å². The lowest BCUT2D eigenvalue weighted by Crippen LogP contribution is -2.36. The molecule has 0 bridgehead atoms. The number of carbonyl (C=O) groups excluding carboxylic acids is 2. The second-order valence-corrected chi connectivity index (χ2v) is 9.36. The van der Waals surface area contributed by atoms with Crippen LogP contribution in [0.1, 0.15) is 27.5 Å². The first-order chi connectivity index (χ1) is 19.1. The number of hydrogen-bond acceptors (Lipinski definition) is 4. The van der Waals surface area contributed by atoms with Crippen LogP contribution >= 0.6 is 0 Å². The standard InChI is InChI=1S/C32H27N3O4/c1-38-21-16-17-26(27(18-21)39-2)33-28(36)19-35-31(22-12-6-7-13-23(22)32(35)37)29-24-14-8-9-15-25(24)34-30(29)20-10-4-3-5-11-20/h3-18,31,34H,19H2,1-2H3,(H,33,36). The summed E-state index contributed by atoms with van der Waals surface area (Å²) in [6.07, 6.45) is 0. The minimum Gasteiger partial charge on any atom is -0.497 e. The summed E-state index contributed by atoms with van der Waals surface area (Å²) >= 11 is 0. The molecule has 1 atom stereocenters. The molecule has 1 aliphatic heterocycles. The third-order valence-corrected chi connectivity index (χ3v) is 7.14. The van der Waals surface area contributed by atoms with E-state index in [0.29, 0.717) is 22.7 Å². The van der Waals surface area contributed by atoms with E-state index in [2.05, 4.69) is 16.4 Å². The van der Waals surface area contributed by atoms with Gasteiger partial charge in [0.25, 0.3) is 5.91 Å². The van der Waals surface area contributed by atoms with Crippen molar-refractivity contribution < 1.29 is 19.1 Å². The Morgan fingerprint density at radius 1 is 0.897 bits per heavy atom. The van der Waals surface area contributed by atoms with Gasteiger partial charge in [0.15, 0.2) is 0 Å². The molecular formula is C32H27N3O4. The van der Waals surface area contributed by atoms with Crippen LogP contribution < -0.4 is 14.8 Å². The van der Waals surface area contributed by atoms with Crippen molar-refractivity contribution in [3.05, 3.63) is 114 Å². The number of nitrogens with zero attached hydrogens (tertiary/aromatic N) is 1. The van der Waals surface area contributed by atoms with Gasteiger partial charge in [-0.05, 0) is 35.4 Å². The van der Waals surface area contributed by atoms with Gasteiger partial charge >= 0.3 is 0 Å². The summed E-state index contributed by atoms with van der Waals surface area (Å²) < 4.78 is 10.7. The summed E-state index contributed by atoms with van der Waals surface area (Å²) in [6, 6.07) is 30.4. The second kappa shape index (κ2) is 10.0. The molecule has 1 aliphatic rings. The topological polar surface area (TPSA) is 83.7 Å². The van der Waals surface area contributed by atoms with Crippen molar-refractivity contribution in [1.82, 2.24) is 9.88 Å². The van der Waals surface area contributed by atoms with E-state index < -0.39 is 6.04 Å². The van der Waals surface area contributed by atoms with Crippen LogP contribution in [0, 0.1) is 0 Å². The number of benzene rings is 4. The van der Waals surface area contributed by atoms with Gasteiger partial charge in [0, 0.05) is 28.1 Å². The van der Waals surface area contributed by atoms with Gasteiger partial charge in [0.2, 0.25) is 5.91 Å². The third-order valence-electron chi connectivity index (χ3n) is 7.14. The summed E-state index contributed by atoms with van der Waals surface area (Å²) in [5.41, 5.74) is 5.84. The highest BCUT2D eigenvalue weighted by atomic mass is 16.5. The molecule has 0 saturated heterocycles. The molecule has 0 spiro atoms. The first-order valence-electron chi connectivity index (χ1n) is 12.7. The van der Waals surface area contributed by atoms with Crippen molar-refractivity contribution in [2.45, 2.75) is 6.04 Å². The summed E-state index contributed by atoms with van der Waals surface area (Å²) in [7, 11) is 3.10. The average Bonchev–Trinajstić information content (AvgIpc) is 3.48. The highest BCUT2D eigenvalue weighted by molar-refractivity contribution is 6.05. The predicted octanol–water partition coefficient (Wildman–Crippen LogP) is 6.04. The van der Waals surface area contributed by atoms with Gasteiger partial charge in [-0.1, -0.05) is 66.7 Å². The molecule has 1 unspecified atom stereocenters. The van der Waals surface area contributed by atoms with Gasteiger partial charge in [-0.15, -0.1) is 0 Å². The molecule has 6 rings (SSSR count). The lowest BCUT2D eigenvalue weighted by atomic mass is 9.93. The summed E-state index contributed by atoms with van der Waals surface area (Å²) in [5, 5.41) is 3.92. The molecule has 7 nitrogen and oxygen atoms in total. The number of nitrogens with one attached hydrogen (secondary N) is 2. The maximum Gasteiger partial charge on any atom is 0.255 e. The van der Waals surface area contributed by atoms with Gasteiger partial charge < -0.3 is 24.7 Å². The second-order valence-electron chi connectivity index (χ2n) is 9.36. The molecule has 7 heteroatoms. The van der Waals surface area contributed by atoms with E-state index in [1.165, 1.54) is 7.11 Å². The SMILES string of the molecule is COc1ccc(NC(=O)CN2C(=O)c3ccccc3C2c2c(-c3ccccc3)[nH]c3ccccc23)c(OC)c1. The van der Waals surface area contributed by atoms with E-state index in [1.807, 2.05) is 72.8 Å². The van der Waals surface area contributed by atoms with Crippen molar-refractivity contribution in [1.29, 1.82) is 0 Å². The lowest BCUT2D eigenvalue weighted by Gasteiger charge is -2.26. The van der Waals surface area contributed by atoms with Gasteiger partial charge in [-0.2, -0.15) is 0 Å². The maximum absolute atomic E-state index is 13.8. The Balaban J connectivity index is 1.43. The fourth-order valence-corrected chi connectivity index (χ4v) is 5.37. The van der Waals surface area contributed by atoms with Crippen LogP contribution in [-0.4, -0.2) is 42.5 Å². The van der Waals surface area contributed by atoms with Gasteiger partial charge in [0.1, 0.15) is 18.0 Å². The van der Waals surface area contributed by atoms with E-state index >= 15 is 0 Å². The number of aromatic nitrogens is 1. The number of amides is 2. The molecule has 39 heavy (non-hydrogen) atoms. The number of fused-ring (bicyclic) bond motifs is 2. The van der Waals surface area contributed by atoms with Crippen molar-refractivity contribution in [2.24, 2.45) is 0 Å². The van der Waals surface area contributed by atoms with Crippen molar-refractivity contribution in [2.75, 3.05) is 26.1 Å². The molecule has 0 saturated carbocycles. The maximum atomic E-state index is 13.8. The molecule has 1 aromatic heterocycles. The van der Waals surface area contributed by atoms with E-state index in [1.54, 1.807) is 30.2 Å². The number of H-pyrrole nitrogens is 1. The summed E-state index contributed by atoms with van der Waals surface area (Å²) in [5.74, 6) is 0.573. The molecular weight excluding hydrogens is 490 g/mol. The first-order valence-corrected chi connectivity index (χ1v) is 12.7. The molecule has 4 aromatic carbocycles. The van der Waals surface area contributed by atoms with Crippen molar-refractivity contribution in [3.8, 4) is 22.8 Å². The summed E-state index contributed by atoms with van der Waals surface area (Å²) in [6.45, 7) is -0.138. The molecule has 2 N–H and O–H groups in total. The number of hydrogen-bond donors (Lipinski definition) is 2. The molecule has 0 radical (unpaired) electrons. The van der Waals surface area contributed by atoms with Crippen molar-refractivity contribution in [3.63, 3.8) is 0 Å². The quantitative estimate of drug-likeness (QED) is 0.276. The average molecular weight is 518 g/mol. The Morgan fingerprint density at radius 2 is 1.64 bits per heavy atom. The number of rotatable bonds is 7. The van der Waals surface area contributed by atoms with Gasteiger partial charge in [-0.25, -0.2) is 0 Å². The van der Waals surface area contributed by atoms with Gasteiger partial charge in [-0.3, -0.25) is 9.59 Å². The Morgan fingerprint density at radius 3 is 2.44 bits per heavy atom. The molecule has 0 fully saturated rings. The Bertz CT molecular complexity index is 1690. The van der Waals surface area contributed by atoms with E-state index in [0.717, 1.165) is 33.3 Å². The number of aromatic amines is 1. The smallest absolute Gasteiger partial charge is 0.255 e. The van der Waals surface area contributed by atoms with Crippen LogP contribution in [0.4, 0.5) is 5.69 Å². The molecule has 194 valence electrons. The minimum atomic E-state index is -0.455. The van der Waals surface area contributed by atoms with Gasteiger partial charge in [0.05, 0.1) is 31.6 Å².